The lowest BCUT2D eigenvalue weighted by Crippen LogP contribution is -2.10. The Balaban J connectivity index is 3.22. The molecular weight excluding hydrogens is 168 g/mol. The third-order valence-electron chi connectivity index (χ3n) is 1.84. The number of rotatable bonds is 2. The van der Waals surface area contributed by atoms with E-state index in [0.29, 0.717) is 17.7 Å². The number of aromatic nitrogens is 2. The van der Waals surface area contributed by atoms with E-state index in [2.05, 4.69) is 14.7 Å². The molecule has 1 rings (SSSR count). The van der Waals surface area contributed by atoms with Crippen LogP contribution in [0.1, 0.15) is 28.7 Å². The highest BCUT2D eigenvalue weighted by atomic mass is 16.5. The molecule has 0 N–H and O–H groups in total. The normalized spacial score (nSPS) is 9.77. The molecule has 0 fully saturated rings. The predicted octanol–water partition coefficient (Wildman–Crippen LogP) is 1.13. The SMILES string of the molecule is CCc1ncnc(C)c1C(=O)OC. The van der Waals surface area contributed by atoms with Gasteiger partial charge in [-0.25, -0.2) is 14.8 Å². The molecular formula is C9H12N2O2. The molecule has 1 aromatic rings. The first-order chi connectivity index (χ1) is 6.20. The van der Waals surface area contributed by atoms with Gasteiger partial charge in [0.1, 0.15) is 11.9 Å². The van der Waals surface area contributed by atoms with Crippen LogP contribution in [0.5, 0.6) is 0 Å². The smallest absolute Gasteiger partial charge is 0.341 e. The van der Waals surface area contributed by atoms with Crippen LogP contribution in [0.25, 0.3) is 0 Å². The number of hydrogen-bond donors (Lipinski definition) is 0. The van der Waals surface area contributed by atoms with Crippen LogP contribution in [0.15, 0.2) is 6.33 Å². The Hall–Kier alpha value is -1.45. The van der Waals surface area contributed by atoms with E-state index in [1.807, 2.05) is 6.92 Å². The van der Waals surface area contributed by atoms with Crippen LogP contribution in [0.3, 0.4) is 0 Å². The van der Waals surface area contributed by atoms with Crippen molar-refractivity contribution in [3.63, 3.8) is 0 Å². The fourth-order valence-corrected chi connectivity index (χ4v) is 1.16. The van der Waals surface area contributed by atoms with E-state index < -0.39 is 0 Å². The largest absolute Gasteiger partial charge is 0.465 e. The van der Waals surface area contributed by atoms with Gasteiger partial charge in [0.25, 0.3) is 0 Å². The highest BCUT2D eigenvalue weighted by Gasteiger charge is 2.15. The average molecular weight is 180 g/mol. The monoisotopic (exact) mass is 180 g/mol. The Morgan fingerprint density at radius 1 is 1.54 bits per heavy atom. The maximum absolute atomic E-state index is 11.3. The number of carbonyl (C=O) groups excluding carboxylic acids is 1. The molecule has 1 aromatic heterocycles. The molecule has 13 heavy (non-hydrogen) atoms. The van der Waals surface area contributed by atoms with Crippen molar-refractivity contribution >= 4 is 5.97 Å². The van der Waals surface area contributed by atoms with E-state index in [4.69, 9.17) is 0 Å². The molecule has 0 unspecified atom stereocenters. The second kappa shape index (κ2) is 3.98. The Morgan fingerprint density at radius 3 is 2.77 bits per heavy atom. The highest BCUT2D eigenvalue weighted by molar-refractivity contribution is 5.91. The number of methoxy groups -OCH3 is 1. The fourth-order valence-electron chi connectivity index (χ4n) is 1.16. The minimum atomic E-state index is -0.366. The maximum atomic E-state index is 11.3. The first kappa shape index (κ1) is 9.64. The summed E-state index contributed by atoms with van der Waals surface area (Å²) in [5.74, 6) is -0.366. The van der Waals surface area contributed by atoms with Gasteiger partial charge in [0.05, 0.1) is 18.5 Å². The van der Waals surface area contributed by atoms with E-state index in [-0.39, 0.29) is 5.97 Å². The van der Waals surface area contributed by atoms with Crippen molar-refractivity contribution < 1.29 is 9.53 Å². The van der Waals surface area contributed by atoms with E-state index in [9.17, 15) is 4.79 Å². The van der Waals surface area contributed by atoms with Crippen LogP contribution in [0.4, 0.5) is 0 Å². The van der Waals surface area contributed by atoms with Crippen molar-refractivity contribution in [3.05, 3.63) is 23.3 Å². The van der Waals surface area contributed by atoms with Gasteiger partial charge in [-0.3, -0.25) is 0 Å². The van der Waals surface area contributed by atoms with Crippen LogP contribution in [0, 0.1) is 6.92 Å². The van der Waals surface area contributed by atoms with Crippen molar-refractivity contribution in [3.8, 4) is 0 Å². The summed E-state index contributed by atoms with van der Waals surface area (Å²) in [7, 11) is 1.36. The van der Waals surface area contributed by atoms with Crippen LogP contribution in [-0.4, -0.2) is 23.0 Å². The van der Waals surface area contributed by atoms with Crippen molar-refractivity contribution in [1.29, 1.82) is 0 Å². The number of nitrogens with zero attached hydrogens (tertiary/aromatic N) is 2. The van der Waals surface area contributed by atoms with Gasteiger partial charge in [-0.05, 0) is 13.3 Å². The summed E-state index contributed by atoms with van der Waals surface area (Å²) in [5, 5.41) is 0. The van der Waals surface area contributed by atoms with E-state index in [1.54, 1.807) is 6.92 Å². The Morgan fingerprint density at radius 2 is 2.23 bits per heavy atom. The van der Waals surface area contributed by atoms with Crippen molar-refractivity contribution in [2.75, 3.05) is 7.11 Å². The van der Waals surface area contributed by atoms with E-state index in [1.165, 1.54) is 13.4 Å². The molecule has 0 saturated carbocycles. The number of carbonyl (C=O) groups is 1. The molecule has 0 aliphatic carbocycles. The molecule has 1 heterocycles. The minimum Gasteiger partial charge on any atom is -0.465 e. The number of ether oxygens (including phenoxy) is 1. The highest BCUT2D eigenvalue weighted by Crippen LogP contribution is 2.10. The first-order valence-electron chi connectivity index (χ1n) is 4.09. The van der Waals surface area contributed by atoms with Crippen LogP contribution >= 0.6 is 0 Å². The molecule has 0 saturated heterocycles. The summed E-state index contributed by atoms with van der Waals surface area (Å²) < 4.78 is 4.64. The Bertz CT molecular complexity index is 323. The zero-order valence-electron chi connectivity index (χ0n) is 8.00. The molecule has 0 atom stereocenters. The molecule has 0 bridgehead atoms. The van der Waals surface area contributed by atoms with Gasteiger partial charge in [-0.15, -0.1) is 0 Å². The fraction of sp³-hybridized carbons (Fsp3) is 0.444. The summed E-state index contributed by atoms with van der Waals surface area (Å²) >= 11 is 0. The summed E-state index contributed by atoms with van der Waals surface area (Å²) in [5.41, 5.74) is 1.89. The zero-order chi connectivity index (χ0) is 9.84. The molecule has 70 valence electrons. The van der Waals surface area contributed by atoms with Gasteiger partial charge in [-0.2, -0.15) is 0 Å². The van der Waals surface area contributed by atoms with Gasteiger partial charge in [0.15, 0.2) is 0 Å². The zero-order valence-corrected chi connectivity index (χ0v) is 8.00. The summed E-state index contributed by atoms with van der Waals surface area (Å²) in [6, 6.07) is 0. The molecule has 0 aromatic carbocycles. The second-order valence-corrected chi connectivity index (χ2v) is 2.63. The maximum Gasteiger partial charge on any atom is 0.341 e. The summed E-state index contributed by atoms with van der Waals surface area (Å²) in [4.78, 5) is 19.3. The van der Waals surface area contributed by atoms with Crippen molar-refractivity contribution in [2.24, 2.45) is 0 Å². The molecule has 0 spiro atoms. The molecule has 0 amide bonds. The molecule has 4 heteroatoms. The molecule has 0 aliphatic rings. The van der Waals surface area contributed by atoms with Crippen LogP contribution in [-0.2, 0) is 11.2 Å². The third kappa shape index (κ3) is 1.83. The molecule has 4 nitrogen and oxygen atoms in total. The third-order valence-corrected chi connectivity index (χ3v) is 1.84. The lowest BCUT2D eigenvalue weighted by Gasteiger charge is -2.06. The lowest BCUT2D eigenvalue weighted by molar-refractivity contribution is 0.0597. The topological polar surface area (TPSA) is 52.1 Å². The summed E-state index contributed by atoms with van der Waals surface area (Å²) in [6.07, 6.45) is 2.16. The van der Waals surface area contributed by atoms with Crippen LogP contribution in [0.2, 0.25) is 0 Å². The quantitative estimate of drug-likeness (QED) is 0.640. The summed E-state index contributed by atoms with van der Waals surface area (Å²) in [6.45, 7) is 3.71. The van der Waals surface area contributed by atoms with Crippen LogP contribution < -0.4 is 0 Å². The van der Waals surface area contributed by atoms with Gasteiger partial charge in [0.2, 0.25) is 0 Å². The van der Waals surface area contributed by atoms with Gasteiger partial charge in [-0.1, -0.05) is 6.92 Å². The minimum absolute atomic E-state index is 0.366. The second-order valence-electron chi connectivity index (χ2n) is 2.63. The van der Waals surface area contributed by atoms with Gasteiger partial charge in [0, 0.05) is 0 Å². The van der Waals surface area contributed by atoms with E-state index in [0.717, 1.165) is 5.69 Å². The Labute approximate surface area is 77.0 Å². The van der Waals surface area contributed by atoms with Crippen molar-refractivity contribution in [2.45, 2.75) is 20.3 Å². The molecule has 0 radical (unpaired) electrons. The van der Waals surface area contributed by atoms with Crippen molar-refractivity contribution in [1.82, 2.24) is 9.97 Å². The lowest BCUT2D eigenvalue weighted by atomic mass is 10.1. The first-order valence-corrected chi connectivity index (χ1v) is 4.09. The number of esters is 1. The van der Waals surface area contributed by atoms with Gasteiger partial charge >= 0.3 is 5.97 Å². The Kier molecular flexibility index (Phi) is 2.95. The predicted molar refractivity (Wildman–Crippen MR) is 47.5 cm³/mol. The average Bonchev–Trinajstić information content (AvgIpc) is 2.16. The van der Waals surface area contributed by atoms with Gasteiger partial charge < -0.3 is 4.74 Å². The standard InChI is InChI=1S/C9H12N2O2/c1-4-7-8(9(12)13-3)6(2)10-5-11-7/h5H,4H2,1-3H3. The number of hydrogen-bond acceptors (Lipinski definition) is 4. The molecule has 0 aliphatic heterocycles. The number of aryl methyl sites for hydroxylation is 2. The van der Waals surface area contributed by atoms with E-state index >= 15 is 0 Å².